The minimum atomic E-state index is -0.777. The van der Waals surface area contributed by atoms with E-state index in [1.165, 1.54) is 18.0 Å². The van der Waals surface area contributed by atoms with Crippen LogP contribution >= 0.6 is 11.6 Å². The minimum absolute atomic E-state index is 0.00104. The first-order chi connectivity index (χ1) is 15.5. The Hall–Kier alpha value is -3.18. The number of hydrogen-bond acceptors (Lipinski definition) is 2. The lowest BCUT2D eigenvalue weighted by Gasteiger charge is -2.31. The lowest BCUT2D eigenvalue weighted by atomic mass is 10.0. The zero-order chi connectivity index (χ0) is 22.9. The summed E-state index contributed by atoms with van der Waals surface area (Å²) >= 11 is 6.24. The summed E-state index contributed by atoms with van der Waals surface area (Å²) in [4.78, 5) is 27.7. The number of nitrogens with one attached hydrogen (secondary N) is 1. The fourth-order valence-electron chi connectivity index (χ4n) is 3.62. The summed E-state index contributed by atoms with van der Waals surface area (Å²) in [5.74, 6) is -0.944. The molecule has 3 rings (SSSR count). The number of aryl methyl sites for hydroxylation is 1. The monoisotopic (exact) mass is 452 g/mol. The van der Waals surface area contributed by atoms with Crippen molar-refractivity contribution in [3.8, 4) is 0 Å². The molecule has 6 heteroatoms. The van der Waals surface area contributed by atoms with Gasteiger partial charge in [-0.1, -0.05) is 78.3 Å². The molecule has 0 aliphatic rings. The Morgan fingerprint density at radius 1 is 0.938 bits per heavy atom. The van der Waals surface area contributed by atoms with Crippen LogP contribution in [0, 0.1) is 5.82 Å². The molecular formula is C26H26ClFN2O2. The van der Waals surface area contributed by atoms with E-state index in [0.717, 1.165) is 11.1 Å². The van der Waals surface area contributed by atoms with Gasteiger partial charge in [-0.3, -0.25) is 9.59 Å². The van der Waals surface area contributed by atoms with Crippen molar-refractivity contribution in [2.24, 2.45) is 0 Å². The SMILES string of the molecule is CNC(=O)[C@@H](Cc1ccccc1)N(Cc1ccccc1F)C(=O)CCc1ccccc1Cl. The molecule has 0 unspecified atom stereocenters. The molecule has 166 valence electrons. The maximum atomic E-state index is 14.4. The number of carbonyl (C=O) groups excluding carboxylic acids is 2. The van der Waals surface area contributed by atoms with Gasteiger partial charge >= 0.3 is 0 Å². The van der Waals surface area contributed by atoms with Gasteiger partial charge in [-0.2, -0.15) is 0 Å². The summed E-state index contributed by atoms with van der Waals surface area (Å²) in [5.41, 5.74) is 2.13. The van der Waals surface area contributed by atoms with E-state index in [2.05, 4.69) is 5.32 Å². The molecule has 1 N–H and O–H groups in total. The van der Waals surface area contributed by atoms with Gasteiger partial charge in [0.05, 0.1) is 0 Å². The van der Waals surface area contributed by atoms with E-state index >= 15 is 0 Å². The zero-order valence-electron chi connectivity index (χ0n) is 17.9. The molecule has 32 heavy (non-hydrogen) atoms. The fourth-order valence-corrected chi connectivity index (χ4v) is 3.85. The number of likely N-dealkylation sites (N-methyl/N-ethyl adjacent to an activating group) is 1. The van der Waals surface area contributed by atoms with E-state index in [9.17, 15) is 14.0 Å². The first-order valence-electron chi connectivity index (χ1n) is 10.5. The molecule has 0 spiro atoms. The van der Waals surface area contributed by atoms with E-state index in [0.29, 0.717) is 23.4 Å². The predicted octanol–water partition coefficient (Wildman–Crippen LogP) is 4.80. The van der Waals surface area contributed by atoms with E-state index in [-0.39, 0.29) is 24.8 Å². The van der Waals surface area contributed by atoms with Gasteiger partial charge in [-0.25, -0.2) is 4.39 Å². The van der Waals surface area contributed by atoms with Crippen LogP contribution in [0.1, 0.15) is 23.1 Å². The van der Waals surface area contributed by atoms with Crippen molar-refractivity contribution in [3.63, 3.8) is 0 Å². The maximum Gasteiger partial charge on any atom is 0.242 e. The number of hydrogen-bond donors (Lipinski definition) is 1. The topological polar surface area (TPSA) is 49.4 Å². The van der Waals surface area contributed by atoms with Crippen molar-refractivity contribution >= 4 is 23.4 Å². The first-order valence-corrected chi connectivity index (χ1v) is 10.9. The predicted molar refractivity (Wildman–Crippen MR) is 125 cm³/mol. The highest BCUT2D eigenvalue weighted by Crippen LogP contribution is 2.20. The number of rotatable bonds is 9. The second-order valence-corrected chi connectivity index (χ2v) is 7.93. The van der Waals surface area contributed by atoms with E-state index in [1.807, 2.05) is 48.5 Å². The van der Waals surface area contributed by atoms with Gasteiger partial charge in [-0.15, -0.1) is 0 Å². The van der Waals surface area contributed by atoms with E-state index in [4.69, 9.17) is 11.6 Å². The molecule has 1 atom stereocenters. The van der Waals surface area contributed by atoms with Gasteiger partial charge in [0.15, 0.2) is 0 Å². The van der Waals surface area contributed by atoms with Crippen molar-refractivity contribution in [1.82, 2.24) is 10.2 Å². The van der Waals surface area contributed by atoms with Gasteiger partial charge in [-0.05, 0) is 29.7 Å². The molecule has 0 radical (unpaired) electrons. The Labute approximate surface area is 193 Å². The van der Waals surface area contributed by atoms with Crippen LogP contribution in [0.3, 0.4) is 0 Å². The highest BCUT2D eigenvalue weighted by Gasteiger charge is 2.30. The number of nitrogens with zero attached hydrogens (tertiary/aromatic N) is 1. The molecule has 0 heterocycles. The molecule has 0 aliphatic carbocycles. The van der Waals surface area contributed by atoms with Crippen LogP contribution in [-0.4, -0.2) is 29.8 Å². The average molecular weight is 453 g/mol. The Kier molecular flexibility index (Phi) is 8.40. The van der Waals surface area contributed by atoms with Crippen molar-refractivity contribution < 1.29 is 14.0 Å². The summed E-state index contributed by atoms with van der Waals surface area (Å²) in [6.45, 7) is -0.00104. The quantitative estimate of drug-likeness (QED) is 0.507. The van der Waals surface area contributed by atoms with Gasteiger partial charge in [0.25, 0.3) is 0 Å². The molecule has 3 aromatic rings. The Morgan fingerprint density at radius 3 is 2.22 bits per heavy atom. The van der Waals surface area contributed by atoms with Gasteiger partial charge in [0, 0.05) is 37.0 Å². The highest BCUT2D eigenvalue weighted by atomic mass is 35.5. The van der Waals surface area contributed by atoms with Crippen molar-refractivity contribution in [3.05, 3.63) is 106 Å². The molecule has 4 nitrogen and oxygen atoms in total. The van der Waals surface area contributed by atoms with Crippen LogP contribution in [-0.2, 0) is 29.0 Å². The fraction of sp³-hybridized carbons (Fsp3) is 0.231. The molecule has 3 aromatic carbocycles. The van der Waals surface area contributed by atoms with E-state index in [1.54, 1.807) is 24.3 Å². The van der Waals surface area contributed by atoms with Gasteiger partial charge in [0.2, 0.25) is 11.8 Å². The van der Waals surface area contributed by atoms with Crippen molar-refractivity contribution in [2.45, 2.75) is 31.8 Å². The number of carbonyl (C=O) groups is 2. The zero-order valence-corrected chi connectivity index (χ0v) is 18.7. The summed E-state index contributed by atoms with van der Waals surface area (Å²) in [6.07, 6.45) is 0.908. The molecule has 2 amide bonds. The second-order valence-electron chi connectivity index (χ2n) is 7.52. The molecule has 0 aliphatic heterocycles. The largest absolute Gasteiger partial charge is 0.357 e. The standard InChI is InChI=1S/C26H26ClFN2O2/c1-29-26(32)24(17-19-9-3-2-4-10-19)30(18-21-12-6-8-14-23(21)28)25(31)16-15-20-11-5-7-13-22(20)27/h2-14,24H,15-18H2,1H3,(H,29,32)/t24-/m1/s1. The van der Waals surface area contributed by atoms with Crippen LogP contribution in [0.2, 0.25) is 5.02 Å². The Bertz CT molecular complexity index is 1060. The third kappa shape index (κ3) is 6.17. The Morgan fingerprint density at radius 2 is 1.56 bits per heavy atom. The third-order valence-corrected chi connectivity index (χ3v) is 5.75. The smallest absolute Gasteiger partial charge is 0.242 e. The highest BCUT2D eigenvalue weighted by molar-refractivity contribution is 6.31. The average Bonchev–Trinajstić information content (AvgIpc) is 2.82. The van der Waals surface area contributed by atoms with Crippen LogP contribution < -0.4 is 5.32 Å². The van der Waals surface area contributed by atoms with Crippen LogP contribution in [0.25, 0.3) is 0 Å². The molecule has 0 saturated carbocycles. The molecular weight excluding hydrogens is 427 g/mol. The molecule has 0 saturated heterocycles. The second kappa shape index (κ2) is 11.4. The molecule has 0 fully saturated rings. The van der Waals surface area contributed by atoms with Crippen molar-refractivity contribution in [1.29, 1.82) is 0 Å². The number of benzene rings is 3. The lowest BCUT2D eigenvalue weighted by molar-refractivity contribution is -0.141. The van der Waals surface area contributed by atoms with Crippen LogP contribution in [0.15, 0.2) is 78.9 Å². The molecule has 0 bridgehead atoms. The van der Waals surface area contributed by atoms with Crippen LogP contribution in [0.5, 0.6) is 0 Å². The van der Waals surface area contributed by atoms with Gasteiger partial charge < -0.3 is 10.2 Å². The number of halogens is 2. The molecule has 0 aromatic heterocycles. The van der Waals surface area contributed by atoms with E-state index < -0.39 is 11.9 Å². The summed E-state index contributed by atoms with van der Waals surface area (Å²) in [6, 6.07) is 22.4. The van der Waals surface area contributed by atoms with Crippen LogP contribution in [0.4, 0.5) is 4.39 Å². The van der Waals surface area contributed by atoms with Crippen molar-refractivity contribution in [2.75, 3.05) is 7.05 Å². The lowest BCUT2D eigenvalue weighted by Crippen LogP contribution is -2.49. The Balaban J connectivity index is 1.89. The summed E-state index contributed by atoms with van der Waals surface area (Å²) < 4.78 is 14.4. The third-order valence-electron chi connectivity index (χ3n) is 5.38. The normalized spacial score (nSPS) is 11.6. The maximum absolute atomic E-state index is 14.4. The number of amides is 2. The van der Waals surface area contributed by atoms with Gasteiger partial charge in [0.1, 0.15) is 11.9 Å². The first kappa shape index (κ1) is 23.5. The summed E-state index contributed by atoms with van der Waals surface area (Å²) in [5, 5.41) is 3.25. The minimum Gasteiger partial charge on any atom is -0.357 e. The summed E-state index contributed by atoms with van der Waals surface area (Å²) in [7, 11) is 1.54.